The molecule has 8 nitrogen and oxygen atoms in total. The number of H-pyrrole nitrogens is 1. The molecule has 0 aliphatic carbocycles. The number of nitrogens with two attached hydrogens (primary N) is 1. The van der Waals surface area contributed by atoms with Crippen LogP contribution in [0.5, 0.6) is 0 Å². The van der Waals surface area contributed by atoms with Gasteiger partial charge in [-0.3, -0.25) is 9.36 Å². The number of imidazole rings is 1. The maximum absolute atomic E-state index is 13.7. The number of aromatic nitrogens is 5. The molecule has 0 amide bonds. The summed E-state index contributed by atoms with van der Waals surface area (Å²) in [6, 6.07) is 17.0. The molecule has 8 heteroatoms. The van der Waals surface area contributed by atoms with E-state index >= 15 is 0 Å². The van der Waals surface area contributed by atoms with Crippen molar-refractivity contribution in [3.05, 3.63) is 89.1 Å². The van der Waals surface area contributed by atoms with E-state index in [-0.39, 0.29) is 17.5 Å². The van der Waals surface area contributed by atoms with Gasteiger partial charge in [-0.2, -0.15) is 9.97 Å². The molecule has 158 valence electrons. The summed E-state index contributed by atoms with van der Waals surface area (Å²) < 4.78 is 1.72. The Bertz CT molecular complexity index is 1520. The Morgan fingerprint density at radius 2 is 1.97 bits per heavy atom. The van der Waals surface area contributed by atoms with Crippen LogP contribution in [0.15, 0.2) is 72.3 Å². The Morgan fingerprint density at radius 3 is 2.75 bits per heavy atom. The first-order valence-corrected chi connectivity index (χ1v) is 10.2. The van der Waals surface area contributed by atoms with E-state index < -0.39 is 0 Å². The lowest BCUT2D eigenvalue weighted by atomic mass is 10.0. The molecule has 1 atom stereocenters. The number of anilines is 2. The zero-order chi connectivity index (χ0) is 22.2. The fraction of sp³-hybridized carbons (Fsp3) is 0.0833. The van der Waals surface area contributed by atoms with Gasteiger partial charge >= 0.3 is 0 Å². The highest BCUT2D eigenvalue weighted by Gasteiger charge is 2.19. The number of nitrogen functional groups attached to an aromatic ring is 1. The van der Waals surface area contributed by atoms with Crippen molar-refractivity contribution in [3.8, 4) is 5.69 Å². The topological polar surface area (TPSA) is 115 Å². The quantitative estimate of drug-likeness (QED) is 0.393. The van der Waals surface area contributed by atoms with Crippen molar-refractivity contribution in [3.63, 3.8) is 0 Å². The molecule has 0 aliphatic rings. The van der Waals surface area contributed by atoms with Gasteiger partial charge in [0.15, 0.2) is 11.5 Å². The van der Waals surface area contributed by atoms with Crippen molar-refractivity contribution >= 4 is 39.8 Å². The Kier molecular flexibility index (Phi) is 4.67. The molecule has 3 heterocycles. The predicted octanol–water partition coefficient (Wildman–Crippen LogP) is 4.06. The van der Waals surface area contributed by atoms with Gasteiger partial charge in [0.2, 0.25) is 5.95 Å². The highest BCUT2D eigenvalue weighted by atomic mass is 16.1. The van der Waals surface area contributed by atoms with Crippen LogP contribution in [0, 0.1) is 0 Å². The first-order valence-electron chi connectivity index (χ1n) is 10.2. The number of rotatable bonds is 5. The lowest BCUT2D eigenvalue weighted by Crippen LogP contribution is -2.26. The maximum atomic E-state index is 13.7. The van der Waals surface area contributed by atoms with Crippen molar-refractivity contribution in [2.45, 2.75) is 13.0 Å². The van der Waals surface area contributed by atoms with Gasteiger partial charge in [0.25, 0.3) is 5.56 Å². The zero-order valence-corrected chi connectivity index (χ0v) is 17.4. The second kappa shape index (κ2) is 7.66. The van der Waals surface area contributed by atoms with Gasteiger partial charge in [-0.25, -0.2) is 4.98 Å². The largest absolute Gasteiger partial charge is 0.368 e. The summed E-state index contributed by atoms with van der Waals surface area (Å²) in [5, 5.41) is 4.85. The van der Waals surface area contributed by atoms with Crippen LogP contribution in [-0.2, 0) is 0 Å². The fourth-order valence-electron chi connectivity index (χ4n) is 3.97. The monoisotopic (exact) mass is 423 g/mol. The normalized spacial score (nSPS) is 12.2. The molecular weight excluding hydrogens is 402 g/mol. The molecule has 0 aliphatic heterocycles. The molecule has 5 rings (SSSR count). The summed E-state index contributed by atoms with van der Waals surface area (Å²) in [5.41, 5.74) is 9.23. The molecule has 0 radical (unpaired) electrons. The number of hydrogen-bond acceptors (Lipinski definition) is 6. The number of para-hydroxylation sites is 1. The molecule has 3 aromatic heterocycles. The van der Waals surface area contributed by atoms with Crippen LogP contribution in [0.4, 0.5) is 11.8 Å². The van der Waals surface area contributed by atoms with Gasteiger partial charge in [-0.15, -0.1) is 0 Å². The van der Waals surface area contributed by atoms with Crippen molar-refractivity contribution in [1.29, 1.82) is 0 Å². The summed E-state index contributed by atoms with van der Waals surface area (Å²) in [6.45, 7) is 5.84. The van der Waals surface area contributed by atoms with Crippen LogP contribution in [0.1, 0.15) is 24.2 Å². The minimum atomic E-state index is -0.291. The SMILES string of the molecule is C=Cc1cccc2cc([C@H](C)Nc3nc(N)nc4nc[nH]c34)n(-c3ccccc3)c(=O)c12. The second-order valence-electron chi connectivity index (χ2n) is 7.46. The standard InChI is InChI=1S/C24H21N7O/c1-3-15-8-7-9-16-12-18(31(23(32)19(15)16)17-10-5-4-6-11-17)14(2)28-22-20-21(27-13-26-20)29-24(25)30-22/h3-14H,1H2,2H3,(H4,25,26,27,28,29,30)/t14-/m0/s1. The molecule has 0 saturated carbocycles. The first-order chi connectivity index (χ1) is 15.6. The van der Waals surface area contributed by atoms with E-state index in [1.807, 2.05) is 61.5 Å². The molecule has 0 bridgehead atoms. The van der Waals surface area contributed by atoms with E-state index in [0.717, 1.165) is 22.3 Å². The number of nitrogens with zero attached hydrogens (tertiary/aromatic N) is 4. The second-order valence-corrected chi connectivity index (χ2v) is 7.46. The van der Waals surface area contributed by atoms with Gasteiger partial charge in [0.1, 0.15) is 5.52 Å². The fourth-order valence-corrected chi connectivity index (χ4v) is 3.97. The van der Waals surface area contributed by atoms with Gasteiger partial charge in [-0.05, 0) is 36.1 Å². The number of benzene rings is 2. The summed E-state index contributed by atoms with van der Waals surface area (Å²) in [7, 11) is 0. The predicted molar refractivity (Wildman–Crippen MR) is 128 cm³/mol. The Hall–Kier alpha value is -4.46. The highest BCUT2D eigenvalue weighted by Crippen LogP contribution is 2.27. The lowest BCUT2D eigenvalue weighted by molar-refractivity contribution is 0.774. The van der Waals surface area contributed by atoms with Gasteiger partial charge < -0.3 is 16.0 Å². The molecule has 0 spiro atoms. The summed E-state index contributed by atoms with van der Waals surface area (Å²) in [5.74, 6) is 0.637. The summed E-state index contributed by atoms with van der Waals surface area (Å²) >= 11 is 0. The molecule has 5 aromatic rings. The average molecular weight is 423 g/mol. The third-order valence-electron chi connectivity index (χ3n) is 5.44. The number of pyridine rings is 1. The molecule has 2 aromatic carbocycles. The summed E-state index contributed by atoms with van der Waals surface area (Å²) in [4.78, 5) is 29.4. The van der Waals surface area contributed by atoms with Crippen molar-refractivity contribution in [1.82, 2.24) is 24.5 Å². The molecule has 0 fully saturated rings. The first kappa shape index (κ1) is 19.5. The number of fused-ring (bicyclic) bond motifs is 2. The molecule has 0 unspecified atom stereocenters. The van der Waals surface area contributed by atoms with Crippen LogP contribution in [-0.4, -0.2) is 24.5 Å². The Morgan fingerprint density at radius 1 is 1.16 bits per heavy atom. The highest BCUT2D eigenvalue weighted by molar-refractivity contribution is 5.90. The van der Waals surface area contributed by atoms with Crippen LogP contribution in [0.2, 0.25) is 0 Å². The molecule has 0 saturated heterocycles. The Labute approximate surface area is 183 Å². The van der Waals surface area contributed by atoms with Crippen LogP contribution in [0.3, 0.4) is 0 Å². The molecule has 4 N–H and O–H groups in total. The van der Waals surface area contributed by atoms with E-state index in [4.69, 9.17) is 5.73 Å². The minimum Gasteiger partial charge on any atom is -0.368 e. The zero-order valence-electron chi connectivity index (χ0n) is 17.4. The smallest absolute Gasteiger partial charge is 0.263 e. The van der Waals surface area contributed by atoms with Crippen molar-refractivity contribution < 1.29 is 0 Å². The van der Waals surface area contributed by atoms with E-state index in [0.29, 0.717) is 22.4 Å². The Balaban J connectivity index is 1.73. The van der Waals surface area contributed by atoms with E-state index in [1.54, 1.807) is 17.0 Å². The lowest BCUT2D eigenvalue weighted by Gasteiger charge is -2.22. The van der Waals surface area contributed by atoms with E-state index in [2.05, 4.69) is 31.8 Å². The minimum absolute atomic E-state index is 0.110. The van der Waals surface area contributed by atoms with Crippen molar-refractivity contribution in [2.24, 2.45) is 0 Å². The third-order valence-corrected chi connectivity index (χ3v) is 5.44. The number of aromatic amines is 1. The maximum Gasteiger partial charge on any atom is 0.263 e. The molecular formula is C24H21N7O. The average Bonchev–Trinajstić information content (AvgIpc) is 3.27. The van der Waals surface area contributed by atoms with Gasteiger partial charge in [0, 0.05) is 11.4 Å². The van der Waals surface area contributed by atoms with Crippen LogP contribution < -0.4 is 16.6 Å². The number of nitrogens with one attached hydrogen (secondary N) is 2. The third kappa shape index (κ3) is 3.18. The van der Waals surface area contributed by atoms with E-state index in [9.17, 15) is 4.79 Å². The van der Waals surface area contributed by atoms with Crippen LogP contribution in [0.25, 0.3) is 33.7 Å². The summed E-state index contributed by atoms with van der Waals surface area (Å²) in [6.07, 6.45) is 3.25. The van der Waals surface area contributed by atoms with Crippen molar-refractivity contribution in [2.75, 3.05) is 11.1 Å². The van der Waals surface area contributed by atoms with Gasteiger partial charge in [-0.1, -0.05) is 49.1 Å². The number of hydrogen-bond donors (Lipinski definition) is 3. The van der Waals surface area contributed by atoms with Gasteiger partial charge in [0.05, 0.1) is 17.8 Å². The molecule has 32 heavy (non-hydrogen) atoms. The van der Waals surface area contributed by atoms with E-state index in [1.165, 1.54) is 0 Å². The van der Waals surface area contributed by atoms with Crippen LogP contribution >= 0.6 is 0 Å².